The lowest BCUT2D eigenvalue weighted by Gasteiger charge is -2.09. The Morgan fingerprint density at radius 1 is 1.35 bits per heavy atom. The van der Waals surface area contributed by atoms with Crippen LogP contribution in [-0.4, -0.2) is 16.6 Å². The molecule has 0 radical (unpaired) electrons. The van der Waals surface area contributed by atoms with Crippen LogP contribution in [-0.2, 0) is 11.3 Å². The van der Waals surface area contributed by atoms with Crippen molar-refractivity contribution in [1.29, 1.82) is 0 Å². The third-order valence-corrected chi connectivity index (χ3v) is 3.25. The van der Waals surface area contributed by atoms with Crippen LogP contribution in [0.15, 0.2) is 28.7 Å². The molecule has 0 atom stereocenters. The Balaban J connectivity index is 2.24. The van der Waals surface area contributed by atoms with Crippen molar-refractivity contribution in [3.8, 4) is 0 Å². The van der Waals surface area contributed by atoms with Gasteiger partial charge in [0.1, 0.15) is 23.4 Å². The Morgan fingerprint density at radius 3 is 2.90 bits per heavy atom. The zero-order chi connectivity index (χ0) is 14.5. The third-order valence-electron chi connectivity index (χ3n) is 2.37. The van der Waals surface area contributed by atoms with Crippen LogP contribution < -0.4 is 5.32 Å². The second-order valence-electron chi connectivity index (χ2n) is 3.88. The van der Waals surface area contributed by atoms with Gasteiger partial charge >= 0.3 is 0 Å². The molecule has 4 nitrogen and oxygen atoms in total. The number of nitrogens with one attached hydrogen (secondary N) is 1. The average Bonchev–Trinajstić information content (AvgIpc) is 2.40. The third kappa shape index (κ3) is 4.13. The van der Waals surface area contributed by atoms with Crippen LogP contribution in [0.3, 0.4) is 0 Å². The highest BCUT2D eigenvalue weighted by Gasteiger charge is 2.07. The molecule has 1 heterocycles. The highest BCUT2D eigenvalue weighted by atomic mass is 79.9. The van der Waals surface area contributed by atoms with Gasteiger partial charge in [-0.2, -0.15) is 0 Å². The molecular weight excluding hydrogens is 349 g/mol. The van der Waals surface area contributed by atoms with Gasteiger partial charge in [0.15, 0.2) is 5.82 Å². The Hall–Kier alpha value is -1.24. The summed E-state index contributed by atoms with van der Waals surface area (Å²) in [7, 11) is 0. The van der Waals surface area contributed by atoms with E-state index in [1.165, 1.54) is 12.1 Å². The van der Waals surface area contributed by atoms with E-state index in [4.69, 9.17) is 16.3 Å². The molecule has 0 aliphatic carbocycles. The van der Waals surface area contributed by atoms with Crippen molar-refractivity contribution in [2.75, 3.05) is 11.9 Å². The fourth-order valence-corrected chi connectivity index (χ4v) is 2.06. The van der Waals surface area contributed by atoms with Gasteiger partial charge in [0.05, 0.1) is 5.69 Å². The molecule has 20 heavy (non-hydrogen) atoms. The van der Waals surface area contributed by atoms with Crippen molar-refractivity contribution >= 4 is 39.0 Å². The van der Waals surface area contributed by atoms with Crippen molar-refractivity contribution in [3.05, 3.63) is 45.5 Å². The molecule has 2 rings (SSSR count). The molecule has 0 aliphatic rings. The summed E-state index contributed by atoms with van der Waals surface area (Å²) in [5.74, 6) is 0.603. The second-order valence-corrected chi connectivity index (χ2v) is 5.12. The monoisotopic (exact) mass is 359 g/mol. The van der Waals surface area contributed by atoms with E-state index in [2.05, 4.69) is 31.2 Å². The summed E-state index contributed by atoms with van der Waals surface area (Å²) in [5, 5.41) is 3.29. The predicted molar refractivity (Wildman–Crippen MR) is 79.8 cm³/mol. The molecule has 0 amide bonds. The van der Waals surface area contributed by atoms with Crippen LogP contribution in [0.4, 0.5) is 15.9 Å². The van der Waals surface area contributed by atoms with Gasteiger partial charge < -0.3 is 10.1 Å². The van der Waals surface area contributed by atoms with E-state index in [-0.39, 0.29) is 12.4 Å². The molecule has 0 saturated heterocycles. The lowest BCUT2D eigenvalue weighted by atomic mass is 10.3. The van der Waals surface area contributed by atoms with Crippen molar-refractivity contribution in [3.63, 3.8) is 0 Å². The number of hydrogen-bond acceptors (Lipinski definition) is 4. The Bertz CT molecular complexity index is 612. The highest BCUT2D eigenvalue weighted by molar-refractivity contribution is 9.10. The molecule has 7 heteroatoms. The van der Waals surface area contributed by atoms with Gasteiger partial charge in [-0.25, -0.2) is 14.4 Å². The summed E-state index contributed by atoms with van der Waals surface area (Å²) >= 11 is 9.27. The van der Waals surface area contributed by atoms with Gasteiger partial charge in [-0.3, -0.25) is 0 Å². The summed E-state index contributed by atoms with van der Waals surface area (Å²) in [5.41, 5.74) is 0.558. The van der Waals surface area contributed by atoms with Crippen molar-refractivity contribution < 1.29 is 9.13 Å². The number of anilines is 2. The van der Waals surface area contributed by atoms with Gasteiger partial charge in [-0.05, 0) is 41.1 Å². The van der Waals surface area contributed by atoms with Crippen LogP contribution in [0, 0.1) is 5.82 Å². The minimum absolute atomic E-state index is 0.274. The van der Waals surface area contributed by atoms with Gasteiger partial charge in [0.25, 0.3) is 0 Å². The van der Waals surface area contributed by atoms with Crippen LogP contribution in [0.25, 0.3) is 0 Å². The maximum absolute atomic E-state index is 13.2. The Kier molecular flexibility index (Phi) is 5.28. The SMILES string of the molecule is CCOCc1nc(Cl)cc(Nc2cc(F)ccc2Br)n1. The maximum atomic E-state index is 13.2. The number of rotatable bonds is 5. The topological polar surface area (TPSA) is 47.0 Å². The summed E-state index contributed by atoms with van der Waals surface area (Å²) in [6.45, 7) is 2.72. The first-order chi connectivity index (χ1) is 9.58. The van der Waals surface area contributed by atoms with E-state index in [1.807, 2.05) is 6.92 Å². The summed E-state index contributed by atoms with van der Waals surface area (Å²) in [6, 6.07) is 5.90. The molecule has 0 unspecified atom stereocenters. The lowest BCUT2D eigenvalue weighted by molar-refractivity contribution is 0.128. The van der Waals surface area contributed by atoms with E-state index < -0.39 is 0 Å². The molecule has 1 N–H and O–H groups in total. The highest BCUT2D eigenvalue weighted by Crippen LogP contribution is 2.26. The van der Waals surface area contributed by atoms with E-state index in [9.17, 15) is 4.39 Å². The van der Waals surface area contributed by atoms with E-state index in [0.29, 0.717) is 29.1 Å². The zero-order valence-electron chi connectivity index (χ0n) is 10.7. The number of hydrogen-bond donors (Lipinski definition) is 1. The smallest absolute Gasteiger partial charge is 0.158 e. The minimum atomic E-state index is -0.342. The number of ether oxygens (including phenoxy) is 1. The van der Waals surface area contributed by atoms with Crippen molar-refractivity contribution in [2.45, 2.75) is 13.5 Å². The quantitative estimate of drug-likeness (QED) is 0.807. The standard InChI is InChI=1S/C13H12BrClFN3O/c1-2-20-7-13-18-11(15)6-12(19-13)17-10-5-8(16)3-4-9(10)14/h3-6H,2,7H2,1H3,(H,17,18,19). The summed E-state index contributed by atoms with van der Waals surface area (Å²) < 4.78 is 19.2. The molecule has 1 aromatic heterocycles. The normalized spacial score (nSPS) is 10.6. The molecule has 0 spiro atoms. The fraction of sp³-hybridized carbons (Fsp3) is 0.231. The number of benzene rings is 1. The Labute approximate surface area is 129 Å². The molecule has 106 valence electrons. The number of nitrogens with zero attached hydrogens (tertiary/aromatic N) is 2. The molecule has 2 aromatic rings. The first-order valence-corrected chi connectivity index (χ1v) is 7.09. The molecule has 0 aliphatic heterocycles. The average molecular weight is 361 g/mol. The van der Waals surface area contributed by atoms with Crippen molar-refractivity contribution in [1.82, 2.24) is 9.97 Å². The van der Waals surface area contributed by atoms with Crippen molar-refractivity contribution in [2.24, 2.45) is 0 Å². The molecular formula is C13H12BrClFN3O. The molecule has 0 saturated carbocycles. The second kappa shape index (κ2) is 6.97. The minimum Gasteiger partial charge on any atom is -0.374 e. The van der Waals surface area contributed by atoms with Crippen LogP contribution in [0.1, 0.15) is 12.7 Å². The van der Waals surface area contributed by atoms with Gasteiger partial charge in [0.2, 0.25) is 0 Å². The number of halogens is 3. The largest absolute Gasteiger partial charge is 0.374 e. The zero-order valence-corrected chi connectivity index (χ0v) is 13.0. The van der Waals surface area contributed by atoms with E-state index in [1.54, 1.807) is 12.1 Å². The first-order valence-electron chi connectivity index (χ1n) is 5.91. The fourth-order valence-electron chi connectivity index (χ4n) is 1.52. The van der Waals surface area contributed by atoms with Crippen LogP contribution in [0.5, 0.6) is 0 Å². The predicted octanol–water partition coefficient (Wildman–Crippen LogP) is 4.31. The number of aromatic nitrogens is 2. The first kappa shape index (κ1) is 15.2. The molecule has 0 fully saturated rings. The summed E-state index contributed by atoms with van der Waals surface area (Å²) in [6.07, 6.45) is 0. The molecule has 0 bridgehead atoms. The lowest BCUT2D eigenvalue weighted by Crippen LogP contribution is -2.03. The Morgan fingerprint density at radius 2 is 2.15 bits per heavy atom. The van der Waals surface area contributed by atoms with Gasteiger partial charge in [0, 0.05) is 17.1 Å². The van der Waals surface area contributed by atoms with Crippen LogP contribution in [0.2, 0.25) is 5.15 Å². The van der Waals surface area contributed by atoms with E-state index >= 15 is 0 Å². The maximum Gasteiger partial charge on any atom is 0.158 e. The van der Waals surface area contributed by atoms with Gasteiger partial charge in [-0.1, -0.05) is 11.6 Å². The van der Waals surface area contributed by atoms with Crippen LogP contribution >= 0.6 is 27.5 Å². The molecule has 1 aromatic carbocycles. The summed E-state index contributed by atoms with van der Waals surface area (Å²) in [4.78, 5) is 8.32. The van der Waals surface area contributed by atoms with Gasteiger partial charge in [-0.15, -0.1) is 0 Å². The van der Waals surface area contributed by atoms with E-state index in [0.717, 1.165) is 4.47 Å².